The number of methoxy groups -OCH3 is 3. The van der Waals surface area contributed by atoms with Gasteiger partial charge in [0.25, 0.3) is 0 Å². The fraction of sp³-hybridized carbons (Fsp3) is 0.321. The van der Waals surface area contributed by atoms with E-state index in [1.165, 1.54) is 64.8 Å². The third kappa shape index (κ3) is 6.19. The molecule has 10 heteroatoms. The molecule has 0 saturated carbocycles. The molecule has 38 heavy (non-hydrogen) atoms. The summed E-state index contributed by atoms with van der Waals surface area (Å²) in [5.74, 6) is -4.50. The Morgan fingerprint density at radius 2 is 1.39 bits per heavy atom. The van der Waals surface area contributed by atoms with Crippen LogP contribution < -0.4 is 14.2 Å². The summed E-state index contributed by atoms with van der Waals surface area (Å²) in [5.41, 5.74) is 0.613. The predicted molar refractivity (Wildman–Crippen MR) is 134 cm³/mol. The standard InChI is InChI=1S/C28H29F2NO7/c1-15(12-21(32)26-27(33)24(37-5)10-11-31-26)28(34)38-16(2)25(17-6-8-22(35-3)19(29)13-17)18-7-9-23(36-4)20(30)14-18/h6-11,13-16,25,33H,12H2,1-5H3/t15-,16+/m1/s1. The summed E-state index contributed by atoms with van der Waals surface area (Å²) in [6.45, 7) is 3.09. The second-order valence-corrected chi connectivity index (χ2v) is 8.65. The van der Waals surface area contributed by atoms with Crippen molar-refractivity contribution in [1.82, 2.24) is 4.98 Å². The van der Waals surface area contributed by atoms with Crippen molar-refractivity contribution in [2.24, 2.45) is 5.92 Å². The summed E-state index contributed by atoms with van der Waals surface area (Å²) in [4.78, 5) is 29.6. The van der Waals surface area contributed by atoms with Crippen molar-refractivity contribution in [3.63, 3.8) is 0 Å². The largest absolute Gasteiger partial charge is 0.503 e. The van der Waals surface area contributed by atoms with Crippen LogP contribution in [0.3, 0.4) is 0 Å². The molecule has 202 valence electrons. The molecule has 0 unspecified atom stereocenters. The highest BCUT2D eigenvalue weighted by molar-refractivity contribution is 5.99. The number of Topliss-reactive ketones (excluding diaryl/α,β-unsaturated/α-hetero) is 1. The van der Waals surface area contributed by atoms with Crippen molar-refractivity contribution < 1.29 is 42.4 Å². The number of aromatic nitrogens is 1. The van der Waals surface area contributed by atoms with Crippen LogP contribution in [0.15, 0.2) is 48.7 Å². The molecule has 0 aliphatic heterocycles. The number of rotatable bonds is 11. The van der Waals surface area contributed by atoms with Gasteiger partial charge in [0, 0.05) is 24.6 Å². The van der Waals surface area contributed by atoms with E-state index in [-0.39, 0.29) is 29.4 Å². The van der Waals surface area contributed by atoms with Crippen LogP contribution in [-0.4, -0.2) is 49.3 Å². The number of ether oxygens (including phenoxy) is 4. The van der Waals surface area contributed by atoms with E-state index >= 15 is 0 Å². The molecule has 0 aliphatic carbocycles. The molecule has 1 heterocycles. The highest BCUT2D eigenvalue weighted by Gasteiger charge is 2.30. The molecule has 1 N–H and O–H groups in total. The summed E-state index contributed by atoms with van der Waals surface area (Å²) in [7, 11) is 4.01. The predicted octanol–water partition coefficient (Wildman–Crippen LogP) is 5.06. The van der Waals surface area contributed by atoms with Crippen LogP contribution in [0.25, 0.3) is 0 Å². The summed E-state index contributed by atoms with van der Waals surface area (Å²) < 4.78 is 49.8. The minimum atomic E-state index is -0.904. The third-order valence-electron chi connectivity index (χ3n) is 6.11. The quantitative estimate of drug-likeness (QED) is 0.271. The highest BCUT2D eigenvalue weighted by Crippen LogP contribution is 2.35. The Hall–Kier alpha value is -4.21. The Morgan fingerprint density at radius 3 is 1.87 bits per heavy atom. The Bertz CT molecular complexity index is 1260. The van der Waals surface area contributed by atoms with Crippen LogP contribution in [0.5, 0.6) is 23.0 Å². The summed E-state index contributed by atoms with van der Waals surface area (Å²) in [5, 5.41) is 10.2. The van der Waals surface area contributed by atoms with Crippen molar-refractivity contribution in [2.75, 3.05) is 21.3 Å². The van der Waals surface area contributed by atoms with Crippen molar-refractivity contribution >= 4 is 11.8 Å². The molecule has 0 bridgehead atoms. The van der Waals surface area contributed by atoms with Gasteiger partial charge in [0.2, 0.25) is 0 Å². The maximum absolute atomic E-state index is 14.6. The summed E-state index contributed by atoms with van der Waals surface area (Å²) >= 11 is 0. The number of pyridine rings is 1. The zero-order valence-corrected chi connectivity index (χ0v) is 21.7. The smallest absolute Gasteiger partial charge is 0.309 e. The number of nitrogens with zero attached hydrogens (tertiary/aromatic N) is 1. The topological polar surface area (TPSA) is 104 Å². The van der Waals surface area contributed by atoms with Gasteiger partial charge in [0.1, 0.15) is 6.10 Å². The summed E-state index contributed by atoms with van der Waals surface area (Å²) in [6.07, 6.45) is 0.130. The van der Waals surface area contributed by atoms with Crippen molar-refractivity contribution in [3.8, 4) is 23.0 Å². The van der Waals surface area contributed by atoms with E-state index in [1.807, 2.05) is 0 Å². The number of hydrogen-bond donors (Lipinski definition) is 1. The molecular formula is C28H29F2NO7. The van der Waals surface area contributed by atoms with E-state index in [2.05, 4.69) is 4.98 Å². The number of carbonyl (C=O) groups is 2. The van der Waals surface area contributed by atoms with E-state index in [4.69, 9.17) is 18.9 Å². The number of hydrogen-bond acceptors (Lipinski definition) is 8. The van der Waals surface area contributed by atoms with E-state index in [1.54, 1.807) is 19.1 Å². The van der Waals surface area contributed by atoms with Crippen molar-refractivity contribution in [1.29, 1.82) is 0 Å². The Balaban J connectivity index is 1.85. The van der Waals surface area contributed by atoms with Crippen molar-refractivity contribution in [2.45, 2.75) is 32.3 Å². The molecule has 0 radical (unpaired) electrons. The number of carbonyl (C=O) groups excluding carboxylic acids is 2. The first-order valence-electron chi connectivity index (χ1n) is 11.7. The van der Waals surface area contributed by atoms with Crippen LogP contribution >= 0.6 is 0 Å². The fourth-order valence-electron chi connectivity index (χ4n) is 4.12. The lowest BCUT2D eigenvalue weighted by Gasteiger charge is -2.27. The van der Waals surface area contributed by atoms with Gasteiger partial charge >= 0.3 is 5.97 Å². The molecule has 2 atom stereocenters. The Kier molecular flexibility index (Phi) is 9.22. The number of aromatic hydroxyl groups is 1. The molecule has 2 aromatic carbocycles. The van der Waals surface area contributed by atoms with Gasteiger partial charge < -0.3 is 24.1 Å². The number of ketones is 1. The number of benzene rings is 2. The minimum Gasteiger partial charge on any atom is -0.503 e. The minimum absolute atomic E-state index is 0.0274. The van der Waals surface area contributed by atoms with Crippen molar-refractivity contribution in [3.05, 3.63) is 77.1 Å². The third-order valence-corrected chi connectivity index (χ3v) is 6.11. The zero-order valence-electron chi connectivity index (χ0n) is 21.7. The van der Waals surface area contributed by atoms with Gasteiger partial charge in [0.05, 0.1) is 27.2 Å². The fourth-order valence-corrected chi connectivity index (χ4v) is 4.12. The van der Waals surface area contributed by atoms with Gasteiger partial charge in [-0.2, -0.15) is 0 Å². The van der Waals surface area contributed by atoms with Gasteiger partial charge in [-0.1, -0.05) is 19.1 Å². The molecule has 0 saturated heterocycles. The lowest BCUT2D eigenvalue weighted by atomic mass is 9.86. The SMILES string of the molecule is COc1ccc(C(c2ccc(OC)c(F)c2)[C@H](C)OC(=O)[C@H](C)CC(=O)c2nccc(OC)c2O)cc1F. The molecule has 8 nitrogen and oxygen atoms in total. The van der Waals surface area contributed by atoms with E-state index < -0.39 is 47.1 Å². The molecule has 3 rings (SSSR count). The van der Waals surface area contributed by atoms with E-state index in [0.717, 1.165) is 0 Å². The number of halogens is 2. The van der Waals surface area contributed by atoms with E-state index in [0.29, 0.717) is 11.1 Å². The molecular weight excluding hydrogens is 500 g/mol. The monoisotopic (exact) mass is 529 g/mol. The van der Waals surface area contributed by atoms with Gasteiger partial charge in [-0.15, -0.1) is 0 Å². The first kappa shape index (κ1) is 28.4. The lowest BCUT2D eigenvalue weighted by molar-refractivity contribution is -0.153. The summed E-state index contributed by atoms with van der Waals surface area (Å²) in [6, 6.07) is 9.93. The van der Waals surface area contributed by atoms with Crippen LogP contribution in [0.1, 0.15) is 47.8 Å². The van der Waals surface area contributed by atoms with Crippen LogP contribution in [0.2, 0.25) is 0 Å². The first-order chi connectivity index (χ1) is 18.1. The first-order valence-corrected chi connectivity index (χ1v) is 11.7. The molecule has 1 aromatic heterocycles. The van der Waals surface area contributed by atoms with Crippen LogP contribution in [0.4, 0.5) is 8.78 Å². The molecule has 0 aliphatic rings. The molecule has 0 fully saturated rings. The van der Waals surface area contributed by atoms with Gasteiger partial charge in [-0.3, -0.25) is 9.59 Å². The van der Waals surface area contributed by atoms with E-state index in [9.17, 15) is 23.5 Å². The second kappa shape index (κ2) is 12.4. The highest BCUT2D eigenvalue weighted by atomic mass is 19.1. The van der Waals surface area contributed by atoms with Crippen LogP contribution in [0, 0.1) is 17.6 Å². The second-order valence-electron chi connectivity index (χ2n) is 8.65. The van der Waals surface area contributed by atoms with Crippen LogP contribution in [-0.2, 0) is 9.53 Å². The average Bonchev–Trinajstić information content (AvgIpc) is 2.89. The molecule has 0 amide bonds. The molecule has 0 spiro atoms. The Labute approximate surface area is 219 Å². The average molecular weight is 530 g/mol. The molecule has 3 aromatic rings. The normalized spacial score (nSPS) is 12.5. The zero-order chi connectivity index (χ0) is 28.0. The van der Waals surface area contributed by atoms with Gasteiger partial charge in [-0.05, 0) is 42.3 Å². The Morgan fingerprint density at radius 1 is 0.868 bits per heavy atom. The van der Waals surface area contributed by atoms with Gasteiger partial charge in [0.15, 0.2) is 46.1 Å². The maximum atomic E-state index is 14.6. The lowest BCUT2D eigenvalue weighted by Crippen LogP contribution is -2.28. The maximum Gasteiger partial charge on any atom is 0.309 e. The van der Waals surface area contributed by atoms with Gasteiger partial charge in [-0.25, -0.2) is 13.8 Å². The number of esters is 1.